The van der Waals surface area contributed by atoms with E-state index >= 15 is 0 Å². The van der Waals surface area contributed by atoms with Crippen molar-refractivity contribution < 1.29 is 22.7 Å². The summed E-state index contributed by atoms with van der Waals surface area (Å²) in [4.78, 5) is 21.5. The largest absolute Gasteiger partial charge is 0.497 e. The molecule has 1 aliphatic heterocycles. The van der Waals surface area contributed by atoms with Crippen LogP contribution in [0, 0.1) is 0 Å². The Bertz CT molecular complexity index is 1040. The summed E-state index contributed by atoms with van der Waals surface area (Å²) in [6.07, 6.45) is -2.46. The molecule has 2 aromatic heterocycles. The van der Waals surface area contributed by atoms with Crippen LogP contribution in [0.3, 0.4) is 0 Å². The maximum atomic E-state index is 12.9. The van der Waals surface area contributed by atoms with Gasteiger partial charge in [-0.2, -0.15) is 13.2 Å². The summed E-state index contributed by atoms with van der Waals surface area (Å²) in [5.74, 6) is 0.825. The maximum Gasteiger partial charge on any atom is 0.433 e. The number of carbonyl (C=O) groups excluding carboxylic acids is 1. The minimum atomic E-state index is -4.47. The van der Waals surface area contributed by atoms with Crippen LogP contribution in [0.2, 0.25) is 0 Å². The van der Waals surface area contributed by atoms with E-state index in [2.05, 4.69) is 9.97 Å². The molecule has 4 rings (SSSR count). The molecule has 0 unspecified atom stereocenters. The number of nitrogens with one attached hydrogen (secondary N) is 1. The number of ether oxygens (including phenoxy) is 1. The van der Waals surface area contributed by atoms with Crippen molar-refractivity contribution in [2.24, 2.45) is 0 Å². The van der Waals surface area contributed by atoms with Crippen molar-refractivity contribution in [3.05, 3.63) is 59.4 Å². The van der Waals surface area contributed by atoms with Crippen LogP contribution in [-0.4, -0.2) is 41.0 Å². The second-order valence-corrected chi connectivity index (χ2v) is 7.56. The van der Waals surface area contributed by atoms with Crippen LogP contribution in [0.25, 0.3) is 11.0 Å². The van der Waals surface area contributed by atoms with Gasteiger partial charge in [-0.3, -0.25) is 4.79 Å². The molecule has 0 radical (unpaired) electrons. The number of methoxy groups -OCH3 is 1. The monoisotopic (exact) mass is 417 g/mol. The van der Waals surface area contributed by atoms with Gasteiger partial charge in [0.15, 0.2) is 0 Å². The van der Waals surface area contributed by atoms with Gasteiger partial charge in [0.25, 0.3) is 0 Å². The number of piperidine rings is 1. The lowest BCUT2D eigenvalue weighted by molar-refractivity contribution is -0.141. The quantitative estimate of drug-likeness (QED) is 0.678. The lowest BCUT2D eigenvalue weighted by Crippen LogP contribution is -2.40. The molecule has 30 heavy (non-hydrogen) atoms. The highest BCUT2D eigenvalue weighted by Crippen LogP contribution is 2.32. The van der Waals surface area contributed by atoms with Gasteiger partial charge in [0.1, 0.15) is 11.4 Å². The average molecular weight is 417 g/mol. The number of likely N-dealkylation sites (tertiary alicyclic amines) is 1. The van der Waals surface area contributed by atoms with E-state index in [1.165, 1.54) is 6.07 Å². The van der Waals surface area contributed by atoms with Gasteiger partial charge in [-0.1, -0.05) is 12.1 Å². The number of nitrogens with zero attached hydrogens (tertiary/aromatic N) is 2. The summed E-state index contributed by atoms with van der Waals surface area (Å²) in [5.41, 5.74) is 1.69. The fraction of sp³-hybridized carbons (Fsp3) is 0.364. The molecule has 0 spiro atoms. The number of fused-ring (bicyclic) bond motifs is 1. The van der Waals surface area contributed by atoms with E-state index in [0.29, 0.717) is 30.5 Å². The molecule has 8 heteroatoms. The van der Waals surface area contributed by atoms with Gasteiger partial charge in [0, 0.05) is 24.7 Å². The number of carbonyl (C=O) groups is 1. The van der Waals surface area contributed by atoms with Crippen LogP contribution in [0.1, 0.15) is 35.7 Å². The number of rotatable bonds is 4. The first-order chi connectivity index (χ1) is 14.3. The molecule has 1 amide bonds. The van der Waals surface area contributed by atoms with Crippen LogP contribution in [0.5, 0.6) is 5.75 Å². The molecule has 1 N–H and O–H groups in total. The van der Waals surface area contributed by atoms with Gasteiger partial charge >= 0.3 is 6.18 Å². The van der Waals surface area contributed by atoms with E-state index in [9.17, 15) is 18.0 Å². The van der Waals surface area contributed by atoms with Gasteiger partial charge < -0.3 is 14.6 Å². The molecule has 0 saturated carbocycles. The Labute approximate surface area is 171 Å². The minimum Gasteiger partial charge on any atom is -0.497 e. The van der Waals surface area contributed by atoms with Crippen molar-refractivity contribution in [3.63, 3.8) is 0 Å². The number of aromatic nitrogens is 2. The zero-order valence-corrected chi connectivity index (χ0v) is 16.5. The standard InChI is InChI=1S/C22H22F3N3O2/c1-30-16-6-4-14(5-7-16)11-21(29)28-10-2-3-15(13-28)18-12-19-17(26-18)8-9-20(27-19)22(23,24)25/h4-9,12,15,26H,2-3,10-11,13H2,1H3/t15-/m0/s1. The lowest BCUT2D eigenvalue weighted by Gasteiger charge is -2.32. The Kier molecular flexibility index (Phi) is 5.40. The van der Waals surface area contributed by atoms with Crippen LogP contribution in [-0.2, 0) is 17.4 Å². The molecular weight excluding hydrogens is 395 g/mol. The molecule has 1 fully saturated rings. The number of aromatic amines is 1. The van der Waals surface area contributed by atoms with Gasteiger partial charge in [0.2, 0.25) is 5.91 Å². The van der Waals surface area contributed by atoms with E-state index < -0.39 is 11.9 Å². The van der Waals surface area contributed by atoms with Crippen LogP contribution in [0.15, 0.2) is 42.5 Å². The van der Waals surface area contributed by atoms with Crippen molar-refractivity contribution >= 4 is 16.9 Å². The number of alkyl halides is 3. The van der Waals surface area contributed by atoms with E-state index in [-0.39, 0.29) is 11.8 Å². The van der Waals surface area contributed by atoms with E-state index in [1.54, 1.807) is 13.2 Å². The predicted molar refractivity (Wildman–Crippen MR) is 106 cm³/mol. The highest BCUT2D eigenvalue weighted by molar-refractivity contribution is 5.79. The molecule has 0 bridgehead atoms. The number of H-pyrrole nitrogens is 1. The molecule has 1 atom stereocenters. The maximum absolute atomic E-state index is 12.9. The van der Waals surface area contributed by atoms with Crippen molar-refractivity contribution in [3.8, 4) is 5.75 Å². The highest BCUT2D eigenvalue weighted by atomic mass is 19.4. The normalized spacial score (nSPS) is 17.3. The molecule has 0 aliphatic carbocycles. The molecule has 3 heterocycles. The van der Waals surface area contributed by atoms with Crippen LogP contribution < -0.4 is 4.74 Å². The zero-order chi connectivity index (χ0) is 21.3. The predicted octanol–water partition coefficient (Wildman–Crippen LogP) is 4.54. The molecule has 5 nitrogen and oxygen atoms in total. The SMILES string of the molecule is COc1ccc(CC(=O)N2CCC[C@H](c3cc4nc(C(F)(F)F)ccc4[nH]3)C2)cc1. The van der Waals surface area contributed by atoms with E-state index in [1.807, 2.05) is 29.2 Å². The second kappa shape index (κ2) is 8.01. The number of benzene rings is 1. The first-order valence-electron chi connectivity index (χ1n) is 9.81. The van der Waals surface area contributed by atoms with Crippen molar-refractivity contribution in [2.75, 3.05) is 20.2 Å². The molecule has 1 aromatic carbocycles. The number of pyridine rings is 1. The Morgan fingerprint density at radius 1 is 1.23 bits per heavy atom. The summed E-state index contributed by atoms with van der Waals surface area (Å²) in [6, 6.07) is 11.5. The molecule has 158 valence electrons. The first-order valence-corrected chi connectivity index (χ1v) is 9.81. The average Bonchev–Trinajstić information content (AvgIpc) is 3.17. The fourth-order valence-corrected chi connectivity index (χ4v) is 3.89. The number of hydrogen-bond acceptors (Lipinski definition) is 3. The van der Waals surface area contributed by atoms with Gasteiger partial charge in [-0.05, 0) is 48.7 Å². The van der Waals surface area contributed by atoms with Gasteiger partial charge in [0.05, 0.1) is 24.6 Å². The van der Waals surface area contributed by atoms with Crippen LogP contribution >= 0.6 is 0 Å². The summed E-state index contributed by atoms with van der Waals surface area (Å²) in [7, 11) is 1.59. The third kappa shape index (κ3) is 4.27. The Morgan fingerprint density at radius 2 is 2.00 bits per heavy atom. The van der Waals surface area contributed by atoms with E-state index in [4.69, 9.17) is 4.74 Å². The Hall–Kier alpha value is -3.03. The minimum absolute atomic E-state index is 0.0402. The first kappa shape index (κ1) is 20.3. The highest BCUT2D eigenvalue weighted by Gasteiger charge is 2.33. The summed E-state index contributed by atoms with van der Waals surface area (Å²) < 4.78 is 43.9. The second-order valence-electron chi connectivity index (χ2n) is 7.56. The van der Waals surface area contributed by atoms with Crippen molar-refractivity contribution in [1.82, 2.24) is 14.9 Å². The van der Waals surface area contributed by atoms with Crippen LogP contribution in [0.4, 0.5) is 13.2 Å². The number of halogens is 3. The molecule has 1 saturated heterocycles. The van der Waals surface area contributed by atoms with Crippen molar-refractivity contribution in [1.29, 1.82) is 0 Å². The fourth-order valence-electron chi connectivity index (χ4n) is 3.89. The summed E-state index contributed by atoms with van der Waals surface area (Å²) in [5, 5.41) is 0. The number of amides is 1. The summed E-state index contributed by atoms with van der Waals surface area (Å²) in [6.45, 7) is 1.22. The molecular formula is C22H22F3N3O2. The molecule has 1 aliphatic rings. The lowest BCUT2D eigenvalue weighted by atomic mass is 9.94. The van der Waals surface area contributed by atoms with E-state index in [0.717, 1.165) is 35.9 Å². The smallest absolute Gasteiger partial charge is 0.433 e. The topological polar surface area (TPSA) is 58.2 Å². The number of hydrogen-bond donors (Lipinski definition) is 1. The van der Waals surface area contributed by atoms with Gasteiger partial charge in [-0.25, -0.2) is 4.98 Å². The third-order valence-electron chi connectivity index (χ3n) is 5.51. The zero-order valence-electron chi connectivity index (χ0n) is 16.5. The summed E-state index contributed by atoms with van der Waals surface area (Å²) >= 11 is 0. The Balaban J connectivity index is 1.47. The Morgan fingerprint density at radius 3 is 2.70 bits per heavy atom. The molecule has 3 aromatic rings. The van der Waals surface area contributed by atoms with Crippen molar-refractivity contribution in [2.45, 2.75) is 31.4 Å². The third-order valence-corrected chi connectivity index (χ3v) is 5.51. The van der Waals surface area contributed by atoms with Gasteiger partial charge in [-0.15, -0.1) is 0 Å².